The van der Waals surface area contributed by atoms with Gasteiger partial charge in [-0.15, -0.1) is 0 Å². The van der Waals surface area contributed by atoms with Crippen LogP contribution in [0.25, 0.3) is 0 Å². The monoisotopic (exact) mass is 252 g/mol. The van der Waals surface area contributed by atoms with Crippen molar-refractivity contribution in [2.75, 3.05) is 20.1 Å². The summed E-state index contributed by atoms with van der Waals surface area (Å²) in [6, 6.07) is 1.62. The molecule has 2 heteroatoms. The first-order valence-corrected chi connectivity index (χ1v) is 7.99. The molecule has 2 nitrogen and oxygen atoms in total. The first kappa shape index (κ1) is 14.3. The molecule has 0 spiro atoms. The van der Waals surface area contributed by atoms with Crippen molar-refractivity contribution in [1.29, 1.82) is 0 Å². The van der Waals surface area contributed by atoms with E-state index in [2.05, 4.69) is 38.0 Å². The Morgan fingerprint density at radius 3 is 2.50 bits per heavy atom. The standard InChI is InChI=1S/C16H32N2/c1-5-11-18(14-8-9-14)12-13-7-6-10-16(2,3)15(13)17-4/h13-15,17H,5-12H2,1-4H3. The first-order chi connectivity index (χ1) is 8.58. The van der Waals surface area contributed by atoms with Gasteiger partial charge in [-0.3, -0.25) is 0 Å². The second-order valence-electron chi connectivity index (χ2n) is 7.13. The Kier molecular flexibility index (Phi) is 4.71. The van der Waals surface area contributed by atoms with Gasteiger partial charge in [-0.05, 0) is 57.0 Å². The van der Waals surface area contributed by atoms with Crippen LogP contribution in [0.4, 0.5) is 0 Å². The van der Waals surface area contributed by atoms with Gasteiger partial charge in [-0.1, -0.05) is 27.2 Å². The zero-order chi connectivity index (χ0) is 13.2. The van der Waals surface area contributed by atoms with Crippen molar-refractivity contribution in [1.82, 2.24) is 10.2 Å². The minimum atomic E-state index is 0.471. The van der Waals surface area contributed by atoms with Crippen molar-refractivity contribution in [3.8, 4) is 0 Å². The van der Waals surface area contributed by atoms with Gasteiger partial charge in [-0.25, -0.2) is 0 Å². The van der Waals surface area contributed by atoms with Crippen molar-refractivity contribution >= 4 is 0 Å². The van der Waals surface area contributed by atoms with Crippen LogP contribution in [-0.4, -0.2) is 37.1 Å². The third kappa shape index (κ3) is 3.27. The van der Waals surface area contributed by atoms with Crippen LogP contribution in [0, 0.1) is 11.3 Å². The smallest absolute Gasteiger partial charge is 0.0156 e. The van der Waals surface area contributed by atoms with Crippen LogP contribution in [0.2, 0.25) is 0 Å². The Bertz CT molecular complexity index is 258. The molecule has 18 heavy (non-hydrogen) atoms. The number of nitrogens with one attached hydrogen (secondary N) is 1. The molecule has 106 valence electrons. The minimum absolute atomic E-state index is 0.471. The quantitative estimate of drug-likeness (QED) is 0.780. The molecule has 0 bridgehead atoms. The van der Waals surface area contributed by atoms with E-state index in [1.807, 2.05) is 0 Å². The normalized spacial score (nSPS) is 31.8. The zero-order valence-corrected chi connectivity index (χ0v) is 12.8. The molecule has 2 atom stereocenters. The highest BCUT2D eigenvalue weighted by Crippen LogP contribution is 2.40. The molecule has 0 aromatic carbocycles. The molecule has 0 aromatic rings. The average molecular weight is 252 g/mol. The molecule has 2 rings (SSSR count). The summed E-state index contributed by atoms with van der Waals surface area (Å²) in [5.41, 5.74) is 0.471. The van der Waals surface area contributed by atoms with Gasteiger partial charge in [0.15, 0.2) is 0 Å². The minimum Gasteiger partial charge on any atom is -0.316 e. The van der Waals surface area contributed by atoms with Crippen molar-refractivity contribution < 1.29 is 0 Å². The maximum absolute atomic E-state index is 3.62. The van der Waals surface area contributed by atoms with Crippen LogP contribution in [0.5, 0.6) is 0 Å². The summed E-state index contributed by atoms with van der Waals surface area (Å²) < 4.78 is 0. The summed E-state index contributed by atoms with van der Waals surface area (Å²) in [4.78, 5) is 2.77. The van der Waals surface area contributed by atoms with Crippen molar-refractivity contribution in [2.24, 2.45) is 11.3 Å². The Morgan fingerprint density at radius 1 is 1.22 bits per heavy atom. The van der Waals surface area contributed by atoms with Gasteiger partial charge >= 0.3 is 0 Å². The molecule has 2 fully saturated rings. The maximum Gasteiger partial charge on any atom is 0.0156 e. The average Bonchev–Trinajstić information content (AvgIpc) is 3.11. The largest absolute Gasteiger partial charge is 0.316 e. The van der Waals surface area contributed by atoms with Gasteiger partial charge in [0.25, 0.3) is 0 Å². The fourth-order valence-electron chi connectivity index (χ4n) is 4.05. The summed E-state index contributed by atoms with van der Waals surface area (Å²) >= 11 is 0. The second kappa shape index (κ2) is 5.92. The molecule has 0 amide bonds. The Balaban J connectivity index is 1.96. The van der Waals surface area contributed by atoms with Gasteiger partial charge in [-0.2, -0.15) is 0 Å². The van der Waals surface area contributed by atoms with Crippen LogP contribution in [-0.2, 0) is 0 Å². The SMILES string of the molecule is CCCN(CC1CCCC(C)(C)C1NC)C1CC1. The van der Waals surface area contributed by atoms with E-state index in [0.29, 0.717) is 11.5 Å². The Hall–Kier alpha value is -0.0800. The lowest BCUT2D eigenvalue weighted by molar-refractivity contribution is 0.0809. The fourth-order valence-corrected chi connectivity index (χ4v) is 4.05. The molecule has 2 aliphatic rings. The maximum atomic E-state index is 3.62. The number of nitrogens with zero attached hydrogens (tertiary/aromatic N) is 1. The summed E-state index contributed by atoms with van der Waals surface area (Å²) in [6.45, 7) is 9.84. The van der Waals surface area contributed by atoms with Crippen molar-refractivity contribution in [3.05, 3.63) is 0 Å². The van der Waals surface area contributed by atoms with Gasteiger partial charge in [0.1, 0.15) is 0 Å². The first-order valence-electron chi connectivity index (χ1n) is 7.99. The van der Waals surface area contributed by atoms with Crippen LogP contribution >= 0.6 is 0 Å². The molecule has 1 N–H and O–H groups in total. The van der Waals surface area contributed by atoms with Crippen LogP contribution < -0.4 is 5.32 Å². The van der Waals surface area contributed by atoms with Crippen LogP contribution in [0.15, 0.2) is 0 Å². The predicted molar refractivity (Wildman–Crippen MR) is 78.9 cm³/mol. The number of hydrogen-bond donors (Lipinski definition) is 1. The Labute approximate surface area is 114 Å². The Morgan fingerprint density at radius 2 is 1.94 bits per heavy atom. The van der Waals surface area contributed by atoms with Crippen LogP contribution in [0.3, 0.4) is 0 Å². The van der Waals surface area contributed by atoms with Gasteiger partial charge < -0.3 is 10.2 Å². The van der Waals surface area contributed by atoms with Gasteiger partial charge in [0.05, 0.1) is 0 Å². The lowest BCUT2D eigenvalue weighted by Crippen LogP contribution is -2.52. The summed E-state index contributed by atoms with van der Waals surface area (Å²) in [7, 11) is 2.16. The lowest BCUT2D eigenvalue weighted by atomic mass is 9.68. The van der Waals surface area contributed by atoms with E-state index in [9.17, 15) is 0 Å². The summed E-state index contributed by atoms with van der Waals surface area (Å²) in [6.07, 6.45) is 8.41. The molecule has 0 aromatic heterocycles. The number of hydrogen-bond acceptors (Lipinski definition) is 2. The third-order valence-electron chi connectivity index (χ3n) is 5.06. The fraction of sp³-hybridized carbons (Fsp3) is 1.00. The van der Waals surface area contributed by atoms with E-state index in [0.717, 1.165) is 12.0 Å². The predicted octanol–water partition coefficient (Wildman–Crippen LogP) is 3.28. The topological polar surface area (TPSA) is 15.3 Å². The van der Waals surface area contributed by atoms with Gasteiger partial charge in [0.2, 0.25) is 0 Å². The highest BCUT2D eigenvalue weighted by Gasteiger charge is 2.40. The van der Waals surface area contributed by atoms with E-state index in [4.69, 9.17) is 0 Å². The molecule has 0 heterocycles. The van der Waals surface area contributed by atoms with E-state index >= 15 is 0 Å². The molecule has 0 aliphatic heterocycles. The molecular weight excluding hydrogens is 220 g/mol. The summed E-state index contributed by atoms with van der Waals surface area (Å²) in [5, 5.41) is 3.62. The van der Waals surface area contributed by atoms with Crippen molar-refractivity contribution in [2.45, 2.75) is 71.4 Å². The highest BCUT2D eigenvalue weighted by atomic mass is 15.2. The molecule has 2 saturated carbocycles. The zero-order valence-electron chi connectivity index (χ0n) is 12.8. The molecule has 0 radical (unpaired) electrons. The second-order valence-corrected chi connectivity index (χ2v) is 7.13. The molecular formula is C16H32N2. The van der Waals surface area contributed by atoms with E-state index in [1.165, 1.54) is 51.6 Å². The van der Waals surface area contributed by atoms with E-state index in [1.54, 1.807) is 0 Å². The third-order valence-corrected chi connectivity index (χ3v) is 5.06. The van der Waals surface area contributed by atoms with E-state index < -0.39 is 0 Å². The summed E-state index contributed by atoms with van der Waals surface area (Å²) in [5.74, 6) is 0.853. The number of rotatable bonds is 6. The van der Waals surface area contributed by atoms with E-state index in [-0.39, 0.29) is 0 Å². The molecule has 0 saturated heterocycles. The van der Waals surface area contributed by atoms with Crippen LogP contribution in [0.1, 0.15) is 59.3 Å². The lowest BCUT2D eigenvalue weighted by Gasteiger charge is -2.45. The highest BCUT2D eigenvalue weighted by molar-refractivity contribution is 4.95. The van der Waals surface area contributed by atoms with Crippen molar-refractivity contribution in [3.63, 3.8) is 0 Å². The molecule has 2 aliphatic carbocycles. The van der Waals surface area contributed by atoms with Gasteiger partial charge in [0, 0.05) is 18.6 Å². The molecule has 2 unspecified atom stereocenters.